The molecule has 0 radical (unpaired) electrons. The molecule has 1 saturated heterocycles. The largest absolute Gasteiger partial charge is 0.379 e. The van der Waals surface area contributed by atoms with Gasteiger partial charge < -0.3 is 10.1 Å². The van der Waals surface area contributed by atoms with Crippen molar-refractivity contribution in [2.24, 2.45) is 0 Å². The first kappa shape index (κ1) is 12.1. The van der Waals surface area contributed by atoms with Crippen LogP contribution in [0.1, 0.15) is 19.4 Å². The van der Waals surface area contributed by atoms with Crippen LogP contribution in [-0.2, 0) is 10.2 Å². The molecule has 1 fully saturated rings. The molecule has 88 valence electrons. The highest BCUT2D eigenvalue weighted by atomic mass is 79.9. The molecule has 1 heterocycles. The maximum Gasteiger partial charge on any atom is 0.0607 e. The zero-order valence-electron chi connectivity index (χ0n) is 10.0. The van der Waals surface area contributed by atoms with E-state index in [1.807, 2.05) is 13.1 Å². The van der Waals surface area contributed by atoms with Gasteiger partial charge in [-0.1, -0.05) is 34.1 Å². The summed E-state index contributed by atoms with van der Waals surface area (Å²) in [5.74, 6) is 0. The molecule has 0 unspecified atom stereocenters. The van der Waals surface area contributed by atoms with Crippen molar-refractivity contribution in [3.63, 3.8) is 0 Å². The number of hydrogen-bond donors (Lipinski definition) is 1. The molecule has 1 aliphatic heterocycles. The molecule has 0 spiro atoms. The zero-order chi connectivity index (χ0) is 11.8. The average molecular weight is 284 g/mol. The van der Waals surface area contributed by atoms with Crippen LogP contribution in [0, 0.1) is 0 Å². The fraction of sp³-hybridized carbons (Fsp3) is 0.538. The summed E-state index contributed by atoms with van der Waals surface area (Å²) in [4.78, 5) is 0. The van der Waals surface area contributed by atoms with E-state index in [9.17, 15) is 0 Å². The molecule has 1 aliphatic rings. The third-order valence-electron chi connectivity index (χ3n) is 3.91. The fourth-order valence-electron chi connectivity index (χ4n) is 2.25. The Morgan fingerprint density at radius 2 is 1.94 bits per heavy atom. The monoisotopic (exact) mass is 283 g/mol. The van der Waals surface area contributed by atoms with E-state index in [1.165, 1.54) is 10.0 Å². The van der Waals surface area contributed by atoms with E-state index in [4.69, 9.17) is 4.74 Å². The highest BCUT2D eigenvalue weighted by Gasteiger charge is 2.52. The summed E-state index contributed by atoms with van der Waals surface area (Å²) < 4.78 is 6.64. The average Bonchev–Trinajstić information content (AvgIpc) is 2.19. The van der Waals surface area contributed by atoms with E-state index in [2.05, 4.69) is 53.3 Å². The maximum atomic E-state index is 5.47. The molecular weight excluding hydrogens is 266 g/mol. The van der Waals surface area contributed by atoms with Crippen molar-refractivity contribution in [2.45, 2.75) is 24.8 Å². The predicted octanol–water partition coefficient (Wildman–Crippen LogP) is 2.72. The third kappa shape index (κ3) is 1.62. The highest BCUT2D eigenvalue weighted by molar-refractivity contribution is 9.10. The van der Waals surface area contributed by atoms with Gasteiger partial charge in [0.1, 0.15) is 0 Å². The second-order valence-corrected chi connectivity index (χ2v) is 5.78. The Hall–Kier alpha value is -0.380. The van der Waals surface area contributed by atoms with Crippen molar-refractivity contribution in [2.75, 3.05) is 20.3 Å². The lowest BCUT2D eigenvalue weighted by atomic mass is 9.65. The van der Waals surface area contributed by atoms with Crippen LogP contribution in [0.2, 0.25) is 0 Å². The number of rotatable bonds is 3. The van der Waals surface area contributed by atoms with Crippen LogP contribution in [0.25, 0.3) is 0 Å². The van der Waals surface area contributed by atoms with E-state index < -0.39 is 0 Å². The van der Waals surface area contributed by atoms with E-state index in [0.29, 0.717) is 0 Å². The van der Waals surface area contributed by atoms with Gasteiger partial charge in [-0.25, -0.2) is 0 Å². The van der Waals surface area contributed by atoms with Crippen molar-refractivity contribution >= 4 is 15.9 Å². The number of nitrogens with one attached hydrogen (secondary N) is 1. The summed E-state index contributed by atoms with van der Waals surface area (Å²) in [6, 6.07) is 8.42. The first-order valence-corrected chi connectivity index (χ1v) is 6.34. The van der Waals surface area contributed by atoms with Crippen molar-refractivity contribution in [1.29, 1.82) is 0 Å². The van der Waals surface area contributed by atoms with Crippen LogP contribution in [-0.4, -0.2) is 25.8 Å². The molecule has 0 atom stereocenters. The van der Waals surface area contributed by atoms with Gasteiger partial charge in [0.25, 0.3) is 0 Å². The minimum Gasteiger partial charge on any atom is -0.379 e. The zero-order valence-corrected chi connectivity index (χ0v) is 11.6. The quantitative estimate of drug-likeness (QED) is 0.921. The van der Waals surface area contributed by atoms with E-state index >= 15 is 0 Å². The Bertz CT molecular complexity index is 385. The van der Waals surface area contributed by atoms with Gasteiger partial charge in [-0.15, -0.1) is 0 Å². The minimum absolute atomic E-state index is 0.0229. The molecule has 3 heteroatoms. The number of benzene rings is 1. The Balaban J connectivity index is 2.47. The molecule has 2 nitrogen and oxygen atoms in total. The molecule has 0 saturated carbocycles. The van der Waals surface area contributed by atoms with Gasteiger partial charge >= 0.3 is 0 Å². The van der Waals surface area contributed by atoms with Gasteiger partial charge in [0.05, 0.1) is 18.6 Å². The fourth-order valence-corrected chi connectivity index (χ4v) is 2.91. The molecular formula is C13H18BrNO. The third-order valence-corrected chi connectivity index (χ3v) is 4.60. The van der Waals surface area contributed by atoms with Crippen LogP contribution < -0.4 is 5.32 Å². The summed E-state index contributed by atoms with van der Waals surface area (Å²) >= 11 is 3.65. The van der Waals surface area contributed by atoms with E-state index in [1.54, 1.807) is 0 Å². The number of ether oxygens (including phenoxy) is 1. The molecule has 1 aromatic rings. The normalized spacial score (nSPS) is 19.2. The van der Waals surface area contributed by atoms with Gasteiger partial charge in [0, 0.05) is 10.0 Å². The van der Waals surface area contributed by atoms with Crippen molar-refractivity contribution in [3.8, 4) is 0 Å². The van der Waals surface area contributed by atoms with Gasteiger partial charge in [0.15, 0.2) is 0 Å². The summed E-state index contributed by atoms with van der Waals surface area (Å²) in [6.45, 7) is 6.02. The maximum absolute atomic E-state index is 5.47. The van der Waals surface area contributed by atoms with Gasteiger partial charge in [-0.05, 0) is 32.5 Å². The standard InChI is InChI=1S/C13H18BrNO/c1-12(2,15-3)13(8-16-9-13)10-6-4-5-7-11(10)14/h4-7,15H,8-9H2,1-3H3. The number of likely N-dealkylation sites (N-methyl/N-ethyl adjacent to an activating group) is 1. The predicted molar refractivity (Wildman–Crippen MR) is 69.8 cm³/mol. The molecule has 0 aromatic heterocycles. The Labute approximate surface area is 106 Å². The van der Waals surface area contributed by atoms with Crippen LogP contribution in [0.4, 0.5) is 0 Å². The summed E-state index contributed by atoms with van der Waals surface area (Å²) in [7, 11) is 2.01. The molecule has 0 amide bonds. The molecule has 0 bridgehead atoms. The second-order valence-electron chi connectivity index (χ2n) is 4.93. The van der Waals surface area contributed by atoms with Crippen LogP contribution in [0.3, 0.4) is 0 Å². The number of halogens is 1. The van der Waals surface area contributed by atoms with Crippen molar-refractivity contribution in [3.05, 3.63) is 34.3 Å². The summed E-state index contributed by atoms with van der Waals surface area (Å²) in [6.07, 6.45) is 0. The summed E-state index contributed by atoms with van der Waals surface area (Å²) in [5, 5.41) is 3.41. The van der Waals surface area contributed by atoms with Gasteiger partial charge in [-0.2, -0.15) is 0 Å². The lowest BCUT2D eigenvalue weighted by Crippen LogP contribution is -2.65. The van der Waals surface area contributed by atoms with Crippen LogP contribution >= 0.6 is 15.9 Å². The smallest absolute Gasteiger partial charge is 0.0607 e. The molecule has 2 rings (SSSR count). The van der Waals surface area contributed by atoms with Crippen molar-refractivity contribution in [1.82, 2.24) is 5.32 Å². The van der Waals surface area contributed by atoms with Crippen LogP contribution in [0.15, 0.2) is 28.7 Å². The topological polar surface area (TPSA) is 21.3 Å². The van der Waals surface area contributed by atoms with Crippen molar-refractivity contribution < 1.29 is 4.74 Å². The Morgan fingerprint density at radius 3 is 2.38 bits per heavy atom. The lowest BCUT2D eigenvalue weighted by molar-refractivity contribution is -0.0994. The molecule has 1 N–H and O–H groups in total. The van der Waals surface area contributed by atoms with Gasteiger partial charge in [-0.3, -0.25) is 0 Å². The Morgan fingerprint density at radius 1 is 1.31 bits per heavy atom. The minimum atomic E-state index is 0.0229. The second kappa shape index (κ2) is 4.13. The highest BCUT2D eigenvalue weighted by Crippen LogP contribution is 2.44. The lowest BCUT2D eigenvalue weighted by Gasteiger charge is -2.53. The van der Waals surface area contributed by atoms with E-state index in [0.717, 1.165) is 13.2 Å². The molecule has 16 heavy (non-hydrogen) atoms. The number of hydrogen-bond acceptors (Lipinski definition) is 2. The molecule has 1 aromatic carbocycles. The van der Waals surface area contributed by atoms with Crippen LogP contribution in [0.5, 0.6) is 0 Å². The Kier molecular flexibility index (Phi) is 3.12. The van der Waals surface area contributed by atoms with Gasteiger partial charge in [0.2, 0.25) is 0 Å². The first-order valence-electron chi connectivity index (χ1n) is 5.55. The first-order chi connectivity index (χ1) is 7.53. The van der Waals surface area contributed by atoms with E-state index in [-0.39, 0.29) is 11.0 Å². The molecule has 0 aliphatic carbocycles. The SMILES string of the molecule is CNC(C)(C)C1(c2ccccc2Br)COC1. The summed E-state index contributed by atoms with van der Waals surface area (Å²) in [5.41, 5.74) is 1.43.